The van der Waals surface area contributed by atoms with Crippen molar-refractivity contribution in [3.63, 3.8) is 0 Å². The first kappa shape index (κ1) is 16.1. The molecule has 1 atom stereocenters. The Morgan fingerprint density at radius 1 is 1.26 bits per heavy atom. The molecular weight excluding hydrogens is 297 g/mol. The van der Waals surface area contributed by atoms with Gasteiger partial charge in [0.05, 0.1) is 24.1 Å². The molecule has 0 saturated carbocycles. The molecule has 0 aliphatic carbocycles. The van der Waals surface area contributed by atoms with Crippen LogP contribution in [0.25, 0.3) is 0 Å². The molecule has 2 heterocycles. The summed E-state index contributed by atoms with van der Waals surface area (Å²) in [6, 6.07) is 4.43. The number of halogens is 1. The quantitative estimate of drug-likeness (QED) is 0.910. The molecule has 5 nitrogen and oxygen atoms in total. The lowest BCUT2D eigenvalue weighted by atomic mass is 10.1. The van der Waals surface area contributed by atoms with Crippen molar-refractivity contribution in [2.24, 2.45) is 0 Å². The van der Waals surface area contributed by atoms with E-state index >= 15 is 0 Å². The Bertz CT molecular complexity index is 561. The van der Waals surface area contributed by atoms with E-state index in [9.17, 15) is 9.18 Å². The average Bonchev–Trinajstić information content (AvgIpc) is 2.56. The van der Waals surface area contributed by atoms with Crippen molar-refractivity contribution in [3.8, 4) is 0 Å². The van der Waals surface area contributed by atoms with Crippen LogP contribution < -0.4 is 10.2 Å². The SMILES string of the molecule is C[C@@H]1CN(C(=O)Nc2cc(F)ccc2N2CCCCC2)CCO1. The second-order valence-electron chi connectivity index (χ2n) is 6.27. The minimum Gasteiger partial charge on any atom is -0.375 e. The van der Waals surface area contributed by atoms with Crippen molar-refractivity contribution in [2.45, 2.75) is 32.3 Å². The second-order valence-corrected chi connectivity index (χ2v) is 6.27. The molecule has 0 bridgehead atoms. The standard InChI is InChI=1S/C17H24FN3O2/c1-13-12-21(9-10-23-13)17(22)19-15-11-14(18)5-6-16(15)20-7-3-2-4-8-20/h5-6,11,13H,2-4,7-10,12H2,1H3,(H,19,22)/t13-/m1/s1. The van der Waals surface area contributed by atoms with Crippen molar-refractivity contribution in [2.75, 3.05) is 43.0 Å². The van der Waals surface area contributed by atoms with Crippen molar-refractivity contribution >= 4 is 17.4 Å². The van der Waals surface area contributed by atoms with Gasteiger partial charge in [-0.3, -0.25) is 0 Å². The van der Waals surface area contributed by atoms with Crippen LogP contribution >= 0.6 is 0 Å². The summed E-state index contributed by atoms with van der Waals surface area (Å²) in [5.41, 5.74) is 1.46. The lowest BCUT2D eigenvalue weighted by Gasteiger charge is -2.33. The number of nitrogens with zero attached hydrogens (tertiary/aromatic N) is 2. The topological polar surface area (TPSA) is 44.8 Å². The monoisotopic (exact) mass is 321 g/mol. The number of carbonyl (C=O) groups excluding carboxylic acids is 1. The Morgan fingerprint density at radius 2 is 2.04 bits per heavy atom. The van der Waals surface area contributed by atoms with E-state index in [0.717, 1.165) is 31.6 Å². The van der Waals surface area contributed by atoms with E-state index in [0.29, 0.717) is 25.4 Å². The number of rotatable bonds is 2. The number of hydrogen-bond donors (Lipinski definition) is 1. The molecule has 0 unspecified atom stereocenters. The number of piperidine rings is 1. The third-order valence-corrected chi connectivity index (χ3v) is 4.43. The lowest BCUT2D eigenvalue weighted by Crippen LogP contribution is -2.46. The van der Waals surface area contributed by atoms with Gasteiger partial charge in [-0.1, -0.05) is 0 Å². The fraction of sp³-hybridized carbons (Fsp3) is 0.588. The van der Waals surface area contributed by atoms with Gasteiger partial charge < -0.3 is 19.9 Å². The van der Waals surface area contributed by atoms with Gasteiger partial charge in [0.25, 0.3) is 0 Å². The van der Waals surface area contributed by atoms with E-state index in [4.69, 9.17) is 4.74 Å². The van der Waals surface area contributed by atoms with E-state index in [-0.39, 0.29) is 18.0 Å². The van der Waals surface area contributed by atoms with Gasteiger partial charge in [-0.2, -0.15) is 0 Å². The van der Waals surface area contributed by atoms with Crippen LogP contribution in [-0.2, 0) is 4.74 Å². The normalized spacial score (nSPS) is 22.1. The highest BCUT2D eigenvalue weighted by atomic mass is 19.1. The van der Waals surface area contributed by atoms with Crippen LogP contribution in [0.2, 0.25) is 0 Å². The minimum atomic E-state index is -0.337. The van der Waals surface area contributed by atoms with E-state index < -0.39 is 0 Å². The Balaban J connectivity index is 1.75. The van der Waals surface area contributed by atoms with E-state index in [1.165, 1.54) is 18.6 Å². The summed E-state index contributed by atoms with van der Waals surface area (Å²) in [5.74, 6) is -0.337. The highest BCUT2D eigenvalue weighted by molar-refractivity contribution is 5.93. The van der Waals surface area contributed by atoms with E-state index in [1.54, 1.807) is 11.0 Å². The highest BCUT2D eigenvalue weighted by Gasteiger charge is 2.23. The van der Waals surface area contributed by atoms with Gasteiger partial charge in [0, 0.05) is 26.2 Å². The van der Waals surface area contributed by atoms with Gasteiger partial charge in [0.2, 0.25) is 0 Å². The van der Waals surface area contributed by atoms with Gasteiger partial charge in [-0.15, -0.1) is 0 Å². The Kier molecular flexibility index (Phi) is 5.00. The minimum absolute atomic E-state index is 0.0311. The van der Waals surface area contributed by atoms with Gasteiger partial charge in [0.15, 0.2) is 0 Å². The third kappa shape index (κ3) is 3.93. The van der Waals surface area contributed by atoms with Crippen LogP contribution in [0.5, 0.6) is 0 Å². The summed E-state index contributed by atoms with van der Waals surface area (Å²) in [4.78, 5) is 16.4. The molecule has 6 heteroatoms. The second kappa shape index (κ2) is 7.17. The van der Waals surface area contributed by atoms with Gasteiger partial charge in [0.1, 0.15) is 5.82 Å². The Labute approximate surface area is 136 Å². The average molecular weight is 321 g/mol. The molecule has 2 amide bonds. The maximum absolute atomic E-state index is 13.7. The molecule has 2 fully saturated rings. The summed E-state index contributed by atoms with van der Waals surface area (Å²) in [5, 5.41) is 2.89. The van der Waals surface area contributed by atoms with Gasteiger partial charge in [-0.05, 0) is 44.4 Å². The smallest absolute Gasteiger partial charge is 0.322 e. The van der Waals surface area contributed by atoms with Crippen LogP contribution in [0.4, 0.5) is 20.6 Å². The summed E-state index contributed by atoms with van der Waals surface area (Å²) < 4.78 is 19.1. The fourth-order valence-corrected chi connectivity index (χ4v) is 3.22. The predicted molar refractivity (Wildman–Crippen MR) is 88.5 cm³/mol. The van der Waals surface area contributed by atoms with Crippen LogP contribution in [0.1, 0.15) is 26.2 Å². The van der Waals surface area contributed by atoms with Crippen molar-refractivity contribution in [1.29, 1.82) is 0 Å². The van der Waals surface area contributed by atoms with Crippen molar-refractivity contribution < 1.29 is 13.9 Å². The summed E-state index contributed by atoms with van der Waals surface area (Å²) >= 11 is 0. The number of anilines is 2. The Hall–Kier alpha value is -1.82. The third-order valence-electron chi connectivity index (χ3n) is 4.43. The number of benzene rings is 1. The number of amides is 2. The fourth-order valence-electron chi connectivity index (χ4n) is 3.22. The number of ether oxygens (including phenoxy) is 1. The van der Waals surface area contributed by atoms with Gasteiger partial charge >= 0.3 is 6.03 Å². The molecule has 2 aliphatic rings. The van der Waals surface area contributed by atoms with Crippen LogP contribution in [-0.4, -0.2) is 49.8 Å². The summed E-state index contributed by atoms with van der Waals surface area (Å²) in [6.07, 6.45) is 3.52. The molecule has 0 aromatic heterocycles. The molecular formula is C17H24FN3O2. The zero-order valence-electron chi connectivity index (χ0n) is 13.6. The molecule has 23 heavy (non-hydrogen) atoms. The zero-order chi connectivity index (χ0) is 16.2. The molecule has 1 aromatic rings. The first-order valence-electron chi connectivity index (χ1n) is 8.35. The lowest BCUT2D eigenvalue weighted by molar-refractivity contribution is -0.00138. The van der Waals surface area contributed by atoms with Crippen LogP contribution in [0, 0.1) is 5.82 Å². The molecule has 126 valence electrons. The van der Waals surface area contributed by atoms with Crippen LogP contribution in [0.3, 0.4) is 0 Å². The summed E-state index contributed by atoms with van der Waals surface area (Å²) in [7, 11) is 0. The molecule has 1 N–H and O–H groups in total. The molecule has 1 aromatic carbocycles. The van der Waals surface area contributed by atoms with Crippen LogP contribution in [0.15, 0.2) is 18.2 Å². The molecule has 2 aliphatic heterocycles. The van der Waals surface area contributed by atoms with Crippen molar-refractivity contribution in [1.82, 2.24) is 4.90 Å². The number of morpholine rings is 1. The number of nitrogens with one attached hydrogen (secondary N) is 1. The largest absolute Gasteiger partial charge is 0.375 e. The first-order valence-corrected chi connectivity index (χ1v) is 8.35. The molecule has 0 radical (unpaired) electrons. The maximum atomic E-state index is 13.7. The number of hydrogen-bond acceptors (Lipinski definition) is 3. The molecule has 0 spiro atoms. The number of urea groups is 1. The molecule has 3 rings (SSSR count). The predicted octanol–water partition coefficient (Wildman–Crippen LogP) is 3.07. The Morgan fingerprint density at radius 3 is 2.78 bits per heavy atom. The number of carbonyl (C=O) groups is 1. The maximum Gasteiger partial charge on any atom is 0.322 e. The first-order chi connectivity index (χ1) is 11.1. The van der Waals surface area contributed by atoms with E-state index in [1.807, 2.05) is 6.92 Å². The molecule has 2 saturated heterocycles. The zero-order valence-corrected chi connectivity index (χ0v) is 13.6. The summed E-state index contributed by atoms with van der Waals surface area (Å²) in [6.45, 7) is 5.49. The van der Waals surface area contributed by atoms with Gasteiger partial charge in [-0.25, -0.2) is 9.18 Å². The highest BCUT2D eigenvalue weighted by Crippen LogP contribution is 2.29. The van der Waals surface area contributed by atoms with Crippen molar-refractivity contribution in [3.05, 3.63) is 24.0 Å². The van der Waals surface area contributed by atoms with E-state index in [2.05, 4.69) is 10.2 Å².